The lowest BCUT2D eigenvalue weighted by atomic mass is 10.0. The van der Waals surface area contributed by atoms with E-state index in [1.807, 2.05) is 24.3 Å². The number of methoxy groups -OCH3 is 1. The highest BCUT2D eigenvalue weighted by molar-refractivity contribution is 5.75. The molecule has 1 atom stereocenters. The van der Waals surface area contributed by atoms with E-state index in [0.717, 1.165) is 43.7 Å². The molecule has 0 aromatic heterocycles. The molecule has 1 unspecified atom stereocenters. The van der Waals surface area contributed by atoms with Crippen LogP contribution in [0.5, 0.6) is 5.75 Å². The van der Waals surface area contributed by atoms with Crippen molar-refractivity contribution in [2.45, 2.75) is 44.6 Å². The number of benzene rings is 2. The van der Waals surface area contributed by atoms with Crippen molar-refractivity contribution < 1.29 is 13.9 Å². The van der Waals surface area contributed by atoms with Crippen LogP contribution in [0.15, 0.2) is 48.5 Å². The van der Waals surface area contributed by atoms with Gasteiger partial charge in [0.05, 0.1) is 13.2 Å². The summed E-state index contributed by atoms with van der Waals surface area (Å²) >= 11 is 0. The third-order valence-corrected chi connectivity index (χ3v) is 5.61. The van der Waals surface area contributed by atoms with Crippen molar-refractivity contribution >= 4 is 5.91 Å². The van der Waals surface area contributed by atoms with Crippen LogP contribution in [0, 0.1) is 5.82 Å². The molecule has 1 N–H and O–H groups in total. The molecule has 2 aromatic carbocycles. The lowest BCUT2D eigenvalue weighted by Crippen LogP contribution is -2.36. The summed E-state index contributed by atoms with van der Waals surface area (Å²) in [6.45, 7) is 2.63. The van der Waals surface area contributed by atoms with E-state index in [0.29, 0.717) is 13.0 Å². The summed E-state index contributed by atoms with van der Waals surface area (Å²) in [4.78, 5) is 14.7. The van der Waals surface area contributed by atoms with Crippen molar-refractivity contribution in [1.29, 1.82) is 0 Å². The highest BCUT2D eigenvalue weighted by Crippen LogP contribution is 2.25. The molecule has 5 heteroatoms. The zero-order valence-corrected chi connectivity index (χ0v) is 17.2. The molecule has 1 saturated heterocycles. The number of nitrogens with zero attached hydrogens (tertiary/aromatic N) is 1. The van der Waals surface area contributed by atoms with Crippen molar-refractivity contribution in [3.63, 3.8) is 0 Å². The number of hydrogen-bond donors (Lipinski definition) is 1. The second kappa shape index (κ2) is 11.0. The normalized spacial score (nSPS) is 15.2. The van der Waals surface area contributed by atoms with E-state index in [9.17, 15) is 9.18 Å². The van der Waals surface area contributed by atoms with Crippen LogP contribution in [0.2, 0.25) is 0 Å². The molecule has 1 aliphatic heterocycles. The number of nitrogens with one attached hydrogen (secondary N) is 1. The first-order valence-corrected chi connectivity index (χ1v) is 10.5. The number of likely N-dealkylation sites (tertiary alicyclic amines) is 1. The van der Waals surface area contributed by atoms with E-state index in [1.54, 1.807) is 7.11 Å². The number of ether oxygens (including phenoxy) is 1. The number of halogens is 1. The molecule has 156 valence electrons. The quantitative estimate of drug-likeness (QED) is 0.599. The number of rotatable bonds is 10. The molecule has 1 heterocycles. The molecule has 3 rings (SSSR count). The largest absolute Gasteiger partial charge is 0.497 e. The van der Waals surface area contributed by atoms with Crippen LogP contribution in [0.4, 0.5) is 4.39 Å². The van der Waals surface area contributed by atoms with Gasteiger partial charge in [-0.2, -0.15) is 0 Å². The summed E-state index contributed by atoms with van der Waals surface area (Å²) in [5.41, 5.74) is 2.32. The van der Waals surface area contributed by atoms with E-state index in [1.165, 1.54) is 30.5 Å². The standard InChI is InChI=1S/C24H31FN2O2/c1-29-22-14-8-19(9-15-22)6-2-3-7-24(28)26-18-23(27-16-4-5-17-27)20-10-12-21(25)13-11-20/h8-15,23H,2-7,16-18H2,1H3,(H,26,28). The van der Waals surface area contributed by atoms with Crippen LogP contribution in [-0.2, 0) is 11.2 Å². The minimum absolute atomic E-state index is 0.0889. The Morgan fingerprint density at radius 2 is 1.76 bits per heavy atom. The molecule has 1 amide bonds. The SMILES string of the molecule is COc1ccc(CCCCC(=O)NCC(c2ccc(F)cc2)N2CCCC2)cc1. The Morgan fingerprint density at radius 1 is 1.07 bits per heavy atom. The Bertz CT molecular complexity index is 755. The molecule has 0 saturated carbocycles. The Morgan fingerprint density at radius 3 is 2.41 bits per heavy atom. The molecule has 1 aliphatic rings. The molecule has 1 fully saturated rings. The Hall–Kier alpha value is -2.40. The average Bonchev–Trinajstić information content (AvgIpc) is 3.27. The van der Waals surface area contributed by atoms with Crippen molar-refractivity contribution in [3.05, 3.63) is 65.5 Å². The van der Waals surface area contributed by atoms with Gasteiger partial charge in [-0.1, -0.05) is 24.3 Å². The van der Waals surface area contributed by atoms with Crippen LogP contribution in [0.25, 0.3) is 0 Å². The molecule has 0 radical (unpaired) electrons. The van der Waals surface area contributed by atoms with Crippen LogP contribution in [-0.4, -0.2) is 37.6 Å². The summed E-state index contributed by atoms with van der Waals surface area (Å²) in [6, 6.07) is 14.9. The van der Waals surface area contributed by atoms with Crippen LogP contribution >= 0.6 is 0 Å². The highest BCUT2D eigenvalue weighted by Gasteiger charge is 2.23. The van der Waals surface area contributed by atoms with Gasteiger partial charge in [-0.3, -0.25) is 9.69 Å². The van der Waals surface area contributed by atoms with Crippen molar-refractivity contribution in [1.82, 2.24) is 10.2 Å². The topological polar surface area (TPSA) is 41.6 Å². The maximum absolute atomic E-state index is 13.3. The number of carbonyl (C=O) groups excluding carboxylic acids is 1. The van der Waals surface area contributed by atoms with Crippen molar-refractivity contribution in [2.24, 2.45) is 0 Å². The first-order chi connectivity index (χ1) is 14.2. The molecule has 29 heavy (non-hydrogen) atoms. The minimum Gasteiger partial charge on any atom is -0.497 e. The second-order valence-electron chi connectivity index (χ2n) is 7.67. The molecular formula is C24H31FN2O2. The van der Waals surface area contributed by atoms with Gasteiger partial charge < -0.3 is 10.1 Å². The Labute approximate surface area is 173 Å². The fraction of sp³-hybridized carbons (Fsp3) is 0.458. The maximum atomic E-state index is 13.3. The molecular weight excluding hydrogens is 367 g/mol. The lowest BCUT2D eigenvalue weighted by Gasteiger charge is -2.28. The fourth-order valence-electron chi connectivity index (χ4n) is 3.90. The third kappa shape index (κ3) is 6.57. The maximum Gasteiger partial charge on any atom is 0.220 e. The van der Waals surface area contributed by atoms with Crippen molar-refractivity contribution in [2.75, 3.05) is 26.7 Å². The van der Waals surface area contributed by atoms with E-state index >= 15 is 0 Å². The highest BCUT2D eigenvalue weighted by atomic mass is 19.1. The number of hydrogen-bond acceptors (Lipinski definition) is 3. The van der Waals surface area contributed by atoms with Gasteiger partial charge in [0.2, 0.25) is 5.91 Å². The van der Waals surface area contributed by atoms with Gasteiger partial charge in [0.15, 0.2) is 0 Å². The summed E-state index contributed by atoms with van der Waals surface area (Å²) in [6.07, 6.45) is 5.69. The smallest absolute Gasteiger partial charge is 0.220 e. The first-order valence-electron chi connectivity index (χ1n) is 10.5. The molecule has 2 aromatic rings. The molecule has 0 spiro atoms. The Kier molecular flexibility index (Phi) is 8.05. The average molecular weight is 399 g/mol. The predicted molar refractivity (Wildman–Crippen MR) is 114 cm³/mol. The van der Waals surface area contributed by atoms with Gasteiger partial charge in [-0.05, 0) is 80.6 Å². The molecule has 0 aliphatic carbocycles. The molecule has 4 nitrogen and oxygen atoms in total. The van der Waals surface area contributed by atoms with Crippen LogP contribution < -0.4 is 10.1 Å². The van der Waals surface area contributed by atoms with Gasteiger partial charge >= 0.3 is 0 Å². The van der Waals surface area contributed by atoms with E-state index < -0.39 is 0 Å². The minimum atomic E-state index is -0.227. The Balaban J connectivity index is 1.42. The second-order valence-corrected chi connectivity index (χ2v) is 7.67. The fourth-order valence-corrected chi connectivity index (χ4v) is 3.90. The lowest BCUT2D eigenvalue weighted by molar-refractivity contribution is -0.121. The van der Waals surface area contributed by atoms with Crippen LogP contribution in [0.1, 0.15) is 49.3 Å². The van der Waals surface area contributed by atoms with E-state index in [-0.39, 0.29) is 17.8 Å². The molecule has 0 bridgehead atoms. The number of unbranched alkanes of at least 4 members (excludes halogenated alkanes) is 1. The summed E-state index contributed by atoms with van der Waals surface area (Å²) in [5, 5.41) is 3.10. The summed E-state index contributed by atoms with van der Waals surface area (Å²) in [7, 11) is 1.66. The summed E-state index contributed by atoms with van der Waals surface area (Å²) in [5.74, 6) is 0.725. The van der Waals surface area contributed by atoms with Gasteiger partial charge in [-0.15, -0.1) is 0 Å². The number of carbonyl (C=O) groups is 1. The monoisotopic (exact) mass is 398 g/mol. The van der Waals surface area contributed by atoms with E-state index in [2.05, 4.69) is 22.3 Å². The van der Waals surface area contributed by atoms with Gasteiger partial charge in [0, 0.05) is 13.0 Å². The van der Waals surface area contributed by atoms with Crippen molar-refractivity contribution in [3.8, 4) is 5.75 Å². The van der Waals surface area contributed by atoms with Gasteiger partial charge in [-0.25, -0.2) is 4.39 Å². The number of aryl methyl sites for hydroxylation is 1. The summed E-state index contributed by atoms with van der Waals surface area (Å²) < 4.78 is 18.5. The zero-order chi connectivity index (χ0) is 20.5. The predicted octanol–water partition coefficient (Wildman–Crippen LogP) is 4.50. The third-order valence-electron chi connectivity index (χ3n) is 5.61. The van der Waals surface area contributed by atoms with E-state index in [4.69, 9.17) is 4.74 Å². The first kappa shape index (κ1) is 21.3. The zero-order valence-electron chi connectivity index (χ0n) is 17.2. The van der Waals surface area contributed by atoms with Gasteiger partial charge in [0.1, 0.15) is 11.6 Å². The number of amides is 1. The van der Waals surface area contributed by atoms with Gasteiger partial charge in [0.25, 0.3) is 0 Å². The van der Waals surface area contributed by atoms with Crippen LogP contribution in [0.3, 0.4) is 0 Å².